The van der Waals surface area contributed by atoms with Crippen LogP contribution in [-0.2, 0) is 4.79 Å². The fourth-order valence-corrected chi connectivity index (χ4v) is 3.35. The number of nitrogens with zero attached hydrogens (tertiary/aromatic N) is 2. The summed E-state index contributed by atoms with van der Waals surface area (Å²) in [6.45, 7) is 1.43. The van der Waals surface area contributed by atoms with Crippen LogP contribution in [0.1, 0.15) is 17.3 Å². The maximum atomic E-state index is 13.6. The fourth-order valence-electron chi connectivity index (χ4n) is 3.35. The second-order valence-electron chi connectivity index (χ2n) is 7.21. The number of hydrogen-bond donors (Lipinski definition) is 2. The van der Waals surface area contributed by atoms with Crippen molar-refractivity contribution < 1.29 is 9.59 Å². The third-order valence-electron chi connectivity index (χ3n) is 4.86. The molecule has 0 radical (unpaired) electrons. The van der Waals surface area contributed by atoms with Crippen LogP contribution < -0.4 is 16.0 Å². The van der Waals surface area contributed by atoms with Gasteiger partial charge >= 0.3 is 0 Å². The van der Waals surface area contributed by atoms with Gasteiger partial charge in [0, 0.05) is 23.7 Å². The molecule has 6 heteroatoms. The molecule has 0 unspecified atom stereocenters. The Bertz CT molecular complexity index is 1240. The summed E-state index contributed by atoms with van der Waals surface area (Å²) in [7, 11) is 0. The van der Waals surface area contributed by atoms with Crippen LogP contribution in [0, 0.1) is 0 Å². The van der Waals surface area contributed by atoms with Gasteiger partial charge in [-0.25, -0.2) is 4.98 Å². The summed E-state index contributed by atoms with van der Waals surface area (Å²) < 4.78 is 0. The smallest absolute Gasteiger partial charge is 0.264 e. The number of nitrogens with one attached hydrogen (secondary N) is 1. The Morgan fingerprint density at radius 3 is 2.06 bits per heavy atom. The first-order valence-electron chi connectivity index (χ1n) is 10.1. The number of benzene rings is 3. The molecule has 0 aliphatic rings. The molecule has 32 heavy (non-hydrogen) atoms. The molecule has 0 saturated carbocycles. The Morgan fingerprint density at radius 2 is 1.44 bits per heavy atom. The SMILES string of the molecule is CC(=O)Nc1ccc(C(=O)N(c2ccccc2)c2nc(-c3ccccc3)ccc2N)cc1. The largest absolute Gasteiger partial charge is 0.396 e. The topological polar surface area (TPSA) is 88.3 Å². The molecule has 0 aliphatic heterocycles. The van der Waals surface area contributed by atoms with Gasteiger partial charge in [-0.3, -0.25) is 14.5 Å². The molecule has 0 aliphatic carbocycles. The second-order valence-corrected chi connectivity index (χ2v) is 7.21. The average molecular weight is 422 g/mol. The summed E-state index contributed by atoms with van der Waals surface area (Å²) in [5, 5.41) is 2.70. The van der Waals surface area contributed by atoms with E-state index in [4.69, 9.17) is 10.7 Å². The highest BCUT2D eigenvalue weighted by molar-refractivity contribution is 6.12. The van der Waals surface area contributed by atoms with Crippen molar-refractivity contribution in [2.45, 2.75) is 6.92 Å². The normalized spacial score (nSPS) is 10.4. The van der Waals surface area contributed by atoms with Crippen LogP contribution >= 0.6 is 0 Å². The molecule has 1 aromatic heterocycles. The molecule has 4 aromatic rings. The van der Waals surface area contributed by atoms with Crippen LogP contribution in [0.2, 0.25) is 0 Å². The van der Waals surface area contributed by atoms with Crippen LogP contribution in [-0.4, -0.2) is 16.8 Å². The highest BCUT2D eigenvalue weighted by Crippen LogP contribution is 2.33. The summed E-state index contributed by atoms with van der Waals surface area (Å²) in [4.78, 5) is 31.2. The van der Waals surface area contributed by atoms with Gasteiger partial charge in [0.15, 0.2) is 5.82 Å². The van der Waals surface area contributed by atoms with Crippen LogP contribution in [0.5, 0.6) is 0 Å². The fraction of sp³-hybridized carbons (Fsp3) is 0.0385. The molecular weight excluding hydrogens is 400 g/mol. The van der Waals surface area contributed by atoms with Gasteiger partial charge < -0.3 is 11.1 Å². The predicted octanol–water partition coefficient (Wildman–Crippen LogP) is 5.27. The van der Waals surface area contributed by atoms with Gasteiger partial charge in [0.2, 0.25) is 5.91 Å². The molecular formula is C26H22N4O2. The van der Waals surface area contributed by atoms with E-state index in [2.05, 4.69) is 5.32 Å². The highest BCUT2D eigenvalue weighted by atomic mass is 16.2. The molecule has 3 N–H and O–H groups in total. The van der Waals surface area contributed by atoms with Gasteiger partial charge in [-0.05, 0) is 48.5 Å². The van der Waals surface area contributed by atoms with Crippen molar-refractivity contribution in [1.82, 2.24) is 4.98 Å². The quantitative estimate of drug-likeness (QED) is 0.459. The predicted molar refractivity (Wildman–Crippen MR) is 128 cm³/mol. The van der Waals surface area contributed by atoms with Crippen molar-refractivity contribution >= 4 is 34.7 Å². The summed E-state index contributed by atoms with van der Waals surface area (Å²) in [5.41, 5.74) is 10.0. The molecule has 0 saturated heterocycles. The van der Waals surface area contributed by atoms with Crippen LogP contribution in [0.4, 0.5) is 22.9 Å². The highest BCUT2D eigenvalue weighted by Gasteiger charge is 2.23. The lowest BCUT2D eigenvalue weighted by atomic mass is 10.1. The van der Waals surface area contributed by atoms with E-state index in [9.17, 15) is 9.59 Å². The van der Waals surface area contributed by atoms with Crippen molar-refractivity contribution in [2.24, 2.45) is 0 Å². The summed E-state index contributed by atoms with van der Waals surface area (Å²) in [6, 6.07) is 29.3. The number of amides is 2. The van der Waals surface area contributed by atoms with Crippen molar-refractivity contribution in [1.29, 1.82) is 0 Å². The van der Waals surface area contributed by atoms with E-state index in [-0.39, 0.29) is 11.8 Å². The first kappa shape index (κ1) is 20.8. The Kier molecular flexibility index (Phi) is 5.94. The van der Waals surface area contributed by atoms with Gasteiger partial charge in [0.25, 0.3) is 5.91 Å². The van der Waals surface area contributed by atoms with Crippen LogP contribution in [0.3, 0.4) is 0 Å². The molecule has 4 rings (SSSR count). The maximum Gasteiger partial charge on any atom is 0.264 e. The van der Waals surface area contributed by atoms with Crippen LogP contribution in [0.25, 0.3) is 11.3 Å². The lowest BCUT2D eigenvalue weighted by Crippen LogP contribution is -2.27. The Hall–Kier alpha value is -4.45. The van der Waals surface area contributed by atoms with Gasteiger partial charge in [-0.15, -0.1) is 0 Å². The number of para-hydroxylation sites is 1. The van der Waals surface area contributed by atoms with Crippen molar-refractivity contribution in [2.75, 3.05) is 16.0 Å². The molecule has 3 aromatic carbocycles. The zero-order valence-electron chi connectivity index (χ0n) is 17.5. The minimum absolute atomic E-state index is 0.176. The molecule has 6 nitrogen and oxygen atoms in total. The molecule has 0 atom stereocenters. The van der Waals surface area contributed by atoms with E-state index >= 15 is 0 Å². The third kappa shape index (κ3) is 4.49. The summed E-state index contributed by atoms with van der Waals surface area (Å²) in [6.07, 6.45) is 0. The second kappa shape index (κ2) is 9.14. The average Bonchev–Trinajstić information content (AvgIpc) is 2.82. The number of nitrogens with two attached hydrogens (primary N) is 1. The van der Waals surface area contributed by atoms with Gasteiger partial charge in [0.1, 0.15) is 0 Å². The summed E-state index contributed by atoms with van der Waals surface area (Å²) >= 11 is 0. The number of aromatic nitrogens is 1. The number of rotatable bonds is 5. The third-order valence-corrected chi connectivity index (χ3v) is 4.86. The number of carbonyl (C=O) groups excluding carboxylic acids is 2. The van der Waals surface area contributed by atoms with Gasteiger partial charge in [0.05, 0.1) is 17.1 Å². The summed E-state index contributed by atoms with van der Waals surface area (Å²) in [5.74, 6) is -0.104. The minimum Gasteiger partial charge on any atom is -0.396 e. The molecule has 0 spiro atoms. The van der Waals surface area contributed by atoms with Crippen molar-refractivity contribution in [3.63, 3.8) is 0 Å². The zero-order chi connectivity index (χ0) is 22.5. The number of carbonyl (C=O) groups is 2. The van der Waals surface area contributed by atoms with E-state index in [1.54, 1.807) is 30.3 Å². The Morgan fingerprint density at radius 1 is 0.812 bits per heavy atom. The van der Waals surface area contributed by atoms with E-state index in [1.807, 2.05) is 66.7 Å². The van der Waals surface area contributed by atoms with Gasteiger partial charge in [-0.2, -0.15) is 0 Å². The van der Waals surface area contributed by atoms with E-state index in [1.165, 1.54) is 11.8 Å². The molecule has 0 bridgehead atoms. The number of hydrogen-bond acceptors (Lipinski definition) is 4. The van der Waals surface area contributed by atoms with Crippen LogP contribution in [0.15, 0.2) is 97.1 Å². The Labute approximate surface area is 186 Å². The maximum absolute atomic E-state index is 13.6. The van der Waals surface area contributed by atoms with Gasteiger partial charge in [-0.1, -0.05) is 48.5 Å². The number of anilines is 4. The van der Waals surface area contributed by atoms with Crippen molar-refractivity contribution in [3.8, 4) is 11.3 Å². The molecule has 158 valence electrons. The van der Waals surface area contributed by atoms with E-state index in [0.29, 0.717) is 34.1 Å². The lowest BCUT2D eigenvalue weighted by molar-refractivity contribution is -0.114. The molecule has 2 amide bonds. The monoisotopic (exact) mass is 422 g/mol. The van der Waals surface area contributed by atoms with E-state index in [0.717, 1.165) is 5.56 Å². The minimum atomic E-state index is -0.282. The Balaban J connectivity index is 1.79. The first-order valence-corrected chi connectivity index (χ1v) is 10.1. The zero-order valence-corrected chi connectivity index (χ0v) is 17.5. The lowest BCUT2D eigenvalue weighted by Gasteiger charge is -2.24. The number of nitrogen functional groups attached to an aromatic ring is 1. The standard InChI is InChI=1S/C26H22N4O2/c1-18(31)28-21-14-12-20(13-15-21)26(32)30(22-10-6-3-7-11-22)25-23(27)16-17-24(29-25)19-8-4-2-5-9-19/h2-17H,27H2,1H3,(H,28,31). The molecule has 1 heterocycles. The van der Waals surface area contributed by atoms with E-state index < -0.39 is 0 Å². The number of pyridine rings is 1. The molecule has 0 fully saturated rings. The first-order chi connectivity index (χ1) is 15.5. The van der Waals surface area contributed by atoms with Crippen molar-refractivity contribution in [3.05, 3.63) is 103 Å².